The van der Waals surface area contributed by atoms with Crippen molar-refractivity contribution in [1.29, 1.82) is 0 Å². The number of halogens is 3. The van der Waals surface area contributed by atoms with Gasteiger partial charge in [0.05, 0.1) is 12.7 Å². The molecular weight excluding hydrogens is 207 g/mol. The molecule has 0 bridgehead atoms. The van der Waals surface area contributed by atoms with Crippen LogP contribution in [0.1, 0.15) is 5.56 Å². The molecule has 0 unspecified atom stereocenters. The van der Waals surface area contributed by atoms with E-state index in [1.54, 1.807) is 0 Å². The maximum absolute atomic E-state index is 13.1. The lowest BCUT2D eigenvalue weighted by Crippen LogP contribution is -2.48. The fourth-order valence-electron chi connectivity index (χ4n) is 1.26. The molecule has 1 heterocycles. The summed E-state index contributed by atoms with van der Waals surface area (Å²) in [6, 6.07) is 1.36. The summed E-state index contributed by atoms with van der Waals surface area (Å²) in [5.74, 6) is -3.01. The van der Waals surface area contributed by atoms with Crippen molar-refractivity contribution >= 4 is 0 Å². The van der Waals surface area contributed by atoms with Gasteiger partial charge in [-0.15, -0.1) is 0 Å². The van der Waals surface area contributed by atoms with Gasteiger partial charge in [-0.3, -0.25) is 0 Å². The highest BCUT2D eigenvalue weighted by Crippen LogP contribution is 2.15. The molecule has 1 fully saturated rings. The van der Waals surface area contributed by atoms with Crippen LogP contribution in [0.2, 0.25) is 0 Å². The van der Waals surface area contributed by atoms with E-state index < -0.39 is 17.5 Å². The Bertz CT molecular complexity index is 366. The largest absolute Gasteiger partial charge is 0.371 e. The third-order valence-electron chi connectivity index (χ3n) is 2.31. The van der Waals surface area contributed by atoms with Crippen molar-refractivity contribution in [1.82, 2.24) is 5.32 Å². The second-order valence-corrected chi connectivity index (χ2v) is 3.45. The van der Waals surface area contributed by atoms with Crippen molar-refractivity contribution in [3.05, 3.63) is 35.1 Å². The van der Waals surface area contributed by atoms with Crippen molar-refractivity contribution in [2.45, 2.75) is 12.7 Å². The van der Waals surface area contributed by atoms with E-state index in [1.807, 2.05) is 0 Å². The molecule has 2 nitrogen and oxygen atoms in total. The molecule has 1 aliphatic heterocycles. The molecule has 5 heteroatoms. The van der Waals surface area contributed by atoms with Gasteiger partial charge in [0.15, 0.2) is 11.6 Å². The van der Waals surface area contributed by atoms with Crippen LogP contribution in [-0.4, -0.2) is 19.2 Å². The number of rotatable bonds is 3. The average molecular weight is 217 g/mol. The van der Waals surface area contributed by atoms with Crippen LogP contribution >= 0.6 is 0 Å². The molecule has 0 aliphatic carbocycles. The highest BCUT2D eigenvalue weighted by Gasteiger charge is 2.18. The van der Waals surface area contributed by atoms with E-state index in [-0.39, 0.29) is 18.3 Å². The Kier molecular flexibility index (Phi) is 2.93. The number of nitrogens with one attached hydrogen (secondary N) is 1. The minimum atomic E-state index is -1.18. The summed E-state index contributed by atoms with van der Waals surface area (Å²) in [5.41, 5.74) is 0.0424. The van der Waals surface area contributed by atoms with Gasteiger partial charge in [-0.2, -0.15) is 0 Å². The molecule has 15 heavy (non-hydrogen) atoms. The number of hydrogen-bond donors (Lipinski definition) is 1. The van der Waals surface area contributed by atoms with Crippen LogP contribution in [-0.2, 0) is 11.3 Å². The predicted molar refractivity (Wildman–Crippen MR) is 47.8 cm³/mol. The summed E-state index contributed by atoms with van der Waals surface area (Å²) in [4.78, 5) is 0. The summed E-state index contributed by atoms with van der Waals surface area (Å²) >= 11 is 0. The van der Waals surface area contributed by atoms with E-state index in [4.69, 9.17) is 4.74 Å². The molecule has 2 rings (SSSR count). The van der Waals surface area contributed by atoms with Crippen LogP contribution in [0, 0.1) is 17.5 Å². The van der Waals surface area contributed by atoms with Gasteiger partial charge in [0.1, 0.15) is 5.82 Å². The molecule has 0 saturated carbocycles. The Balaban J connectivity index is 2.03. The Morgan fingerprint density at radius 1 is 1.13 bits per heavy atom. The SMILES string of the molecule is Fc1cc(F)c(COC2CNC2)cc1F. The zero-order chi connectivity index (χ0) is 10.8. The van der Waals surface area contributed by atoms with Gasteiger partial charge in [-0.25, -0.2) is 13.2 Å². The summed E-state index contributed by atoms with van der Waals surface area (Å²) in [6.45, 7) is 1.39. The molecule has 82 valence electrons. The second-order valence-electron chi connectivity index (χ2n) is 3.45. The molecule has 0 spiro atoms. The Hall–Kier alpha value is -1.07. The molecule has 1 saturated heterocycles. The molecule has 0 aromatic heterocycles. The topological polar surface area (TPSA) is 21.3 Å². The van der Waals surface area contributed by atoms with Gasteiger partial charge in [0.25, 0.3) is 0 Å². The maximum Gasteiger partial charge on any atom is 0.161 e. The van der Waals surface area contributed by atoms with Crippen molar-refractivity contribution in [3.8, 4) is 0 Å². The molecule has 1 aliphatic rings. The van der Waals surface area contributed by atoms with Crippen molar-refractivity contribution in [2.75, 3.05) is 13.1 Å². The van der Waals surface area contributed by atoms with E-state index in [9.17, 15) is 13.2 Å². The predicted octanol–water partition coefficient (Wildman–Crippen LogP) is 1.59. The van der Waals surface area contributed by atoms with E-state index in [0.29, 0.717) is 19.2 Å². The number of benzene rings is 1. The van der Waals surface area contributed by atoms with Crippen molar-refractivity contribution < 1.29 is 17.9 Å². The zero-order valence-electron chi connectivity index (χ0n) is 7.90. The third-order valence-corrected chi connectivity index (χ3v) is 2.31. The molecule has 1 N–H and O–H groups in total. The van der Waals surface area contributed by atoms with Crippen LogP contribution < -0.4 is 5.32 Å². The first-order chi connectivity index (χ1) is 7.16. The Labute approximate surface area is 85.0 Å². The maximum atomic E-state index is 13.1. The fraction of sp³-hybridized carbons (Fsp3) is 0.400. The first kappa shape index (κ1) is 10.4. The van der Waals surface area contributed by atoms with Crippen LogP contribution in [0.25, 0.3) is 0 Å². The summed E-state index contributed by atoms with van der Waals surface area (Å²) < 4.78 is 43.7. The molecule has 0 atom stereocenters. The Morgan fingerprint density at radius 2 is 1.80 bits per heavy atom. The second kappa shape index (κ2) is 4.20. The summed E-state index contributed by atoms with van der Waals surface area (Å²) in [7, 11) is 0. The van der Waals surface area contributed by atoms with Crippen molar-refractivity contribution in [2.24, 2.45) is 0 Å². The van der Waals surface area contributed by atoms with Crippen molar-refractivity contribution in [3.63, 3.8) is 0 Å². The van der Waals surface area contributed by atoms with E-state index in [2.05, 4.69) is 5.32 Å². The first-order valence-corrected chi connectivity index (χ1v) is 4.62. The monoisotopic (exact) mass is 217 g/mol. The molecule has 1 aromatic carbocycles. The minimum Gasteiger partial charge on any atom is -0.371 e. The normalized spacial score (nSPS) is 16.5. The Morgan fingerprint density at radius 3 is 2.40 bits per heavy atom. The van der Waals surface area contributed by atoms with Crippen LogP contribution in [0.15, 0.2) is 12.1 Å². The highest BCUT2D eigenvalue weighted by molar-refractivity contribution is 5.19. The quantitative estimate of drug-likeness (QED) is 0.776. The van der Waals surface area contributed by atoms with Crippen LogP contribution in [0.3, 0.4) is 0 Å². The van der Waals surface area contributed by atoms with E-state index >= 15 is 0 Å². The zero-order valence-corrected chi connectivity index (χ0v) is 7.90. The lowest BCUT2D eigenvalue weighted by molar-refractivity contribution is 0.00622. The highest BCUT2D eigenvalue weighted by atomic mass is 19.2. The molecule has 1 aromatic rings. The van der Waals surface area contributed by atoms with Gasteiger partial charge in [0.2, 0.25) is 0 Å². The lowest BCUT2D eigenvalue weighted by atomic mass is 10.2. The van der Waals surface area contributed by atoms with E-state index in [0.717, 1.165) is 6.07 Å². The lowest BCUT2D eigenvalue weighted by Gasteiger charge is -2.27. The van der Waals surface area contributed by atoms with Crippen LogP contribution in [0.4, 0.5) is 13.2 Å². The average Bonchev–Trinajstić information content (AvgIpc) is 2.11. The molecule has 0 amide bonds. The van der Waals surface area contributed by atoms with Gasteiger partial charge >= 0.3 is 0 Å². The van der Waals surface area contributed by atoms with Gasteiger partial charge in [0, 0.05) is 24.7 Å². The van der Waals surface area contributed by atoms with Gasteiger partial charge in [-0.1, -0.05) is 0 Å². The van der Waals surface area contributed by atoms with Crippen LogP contribution in [0.5, 0.6) is 0 Å². The minimum absolute atomic E-state index is 0.0324. The fourth-order valence-corrected chi connectivity index (χ4v) is 1.26. The third kappa shape index (κ3) is 2.30. The van der Waals surface area contributed by atoms with Gasteiger partial charge in [-0.05, 0) is 6.07 Å². The molecular formula is C10H10F3NO. The number of hydrogen-bond acceptors (Lipinski definition) is 2. The van der Waals surface area contributed by atoms with Gasteiger partial charge < -0.3 is 10.1 Å². The smallest absolute Gasteiger partial charge is 0.161 e. The first-order valence-electron chi connectivity index (χ1n) is 4.62. The molecule has 0 radical (unpaired) electrons. The standard InChI is InChI=1S/C10H10F3NO/c11-8-2-10(13)9(12)1-6(8)5-15-7-3-14-4-7/h1-2,7,14H,3-5H2. The summed E-state index contributed by atoms with van der Waals surface area (Å²) in [5, 5.41) is 2.98. The number of ether oxygens (including phenoxy) is 1. The van der Waals surface area contributed by atoms with E-state index in [1.165, 1.54) is 0 Å². The summed E-state index contributed by atoms with van der Waals surface area (Å²) in [6.07, 6.45) is 0.0394.